The fraction of sp³-hybridized carbons (Fsp3) is 0.0455. The standard InChI is InChI=1S/C22H19N3O4/c1-15(26)23-17-7-4-16(5-8-17)6-13-21(27)24-18-9-11-19(12-10-18)25-22(28)20-3-2-14-29-20/h2-14H,1H3,(H,23,26)(H,24,27)(H,25,28)/b13-6+. The number of anilines is 3. The highest BCUT2D eigenvalue weighted by Gasteiger charge is 2.08. The predicted molar refractivity (Wildman–Crippen MR) is 112 cm³/mol. The summed E-state index contributed by atoms with van der Waals surface area (Å²) >= 11 is 0. The Morgan fingerprint density at radius 1 is 0.793 bits per heavy atom. The maximum atomic E-state index is 12.1. The van der Waals surface area contributed by atoms with Crippen LogP contribution in [0.2, 0.25) is 0 Å². The molecule has 3 amide bonds. The lowest BCUT2D eigenvalue weighted by molar-refractivity contribution is -0.114. The molecule has 0 fully saturated rings. The molecule has 1 aromatic heterocycles. The van der Waals surface area contributed by atoms with E-state index in [-0.39, 0.29) is 23.5 Å². The Hall–Kier alpha value is -4.13. The summed E-state index contributed by atoms with van der Waals surface area (Å²) in [5, 5.41) is 8.13. The van der Waals surface area contributed by atoms with Crippen LogP contribution in [-0.2, 0) is 9.59 Å². The van der Waals surface area contributed by atoms with Crippen molar-refractivity contribution >= 4 is 40.9 Å². The summed E-state index contributed by atoms with van der Waals surface area (Å²) in [7, 11) is 0. The average molecular weight is 389 g/mol. The smallest absolute Gasteiger partial charge is 0.291 e. The van der Waals surface area contributed by atoms with Gasteiger partial charge in [-0.1, -0.05) is 12.1 Å². The van der Waals surface area contributed by atoms with Crippen molar-refractivity contribution < 1.29 is 18.8 Å². The summed E-state index contributed by atoms with van der Waals surface area (Å²) in [6, 6.07) is 17.1. The second kappa shape index (κ2) is 9.18. The van der Waals surface area contributed by atoms with Crippen LogP contribution in [0.15, 0.2) is 77.4 Å². The molecule has 0 aliphatic rings. The van der Waals surface area contributed by atoms with E-state index in [1.54, 1.807) is 66.7 Å². The average Bonchev–Trinajstić information content (AvgIpc) is 3.24. The molecule has 0 bridgehead atoms. The monoisotopic (exact) mass is 389 g/mol. The normalized spacial score (nSPS) is 10.5. The predicted octanol–water partition coefficient (Wildman–Crippen LogP) is 4.14. The van der Waals surface area contributed by atoms with Gasteiger partial charge in [0.1, 0.15) is 0 Å². The number of hydrogen-bond acceptors (Lipinski definition) is 4. The van der Waals surface area contributed by atoms with Gasteiger partial charge in [-0.15, -0.1) is 0 Å². The van der Waals surface area contributed by atoms with Gasteiger partial charge < -0.3 is 20.4 Å². The minimum Gasteiger partial charge on any atom is -0.459 e. The maximum absolute atomic E-state index is 12.1. The lowest BCUT2D eigenvalue weighted by atomic mass is 10.2. The molecule has 0 saturated carbocycles. The van der Waals surface area contributed by atoms with Gasteiger partial charge in [0, 0.05) is 30.1 Å². The Morgan fingerprint density at radius 3 is 1.97 bits per heavy atom. The molecular formula is C22H19N3O4. The van der Waals surface area contributed by atoms with Crippen molar-refractivity contribution in [3.8, 4) is 0 Å². The first-order chi connectivity index (χ1) is 14.0. The molecule has 1 heterocycles. The van der Waals surface area contributed by atoms with Crippen molar-refractivity contribution in [1.29, 1.82) is 0 Å². The molecule has 2 aromatic carbocycles. The topological polar surface area (TPSA) is 100 Å². The molecule has 0 atom stereocenters. The Labute approximate surface area is 167 Å². The van der Waals surface area contributed by atoms with Gasteiger partial charge in [0.15, 0.2) is 5.76 Å². The molecule has 0 spiro atoms. The van der Waals surface area contributed by atoms with Crippen LogP contribution < -0.4 is 16.0 Å². The summed E-state index contributed by atoms with van der Waals surface area (Å²) < 4.78 is 5.04. The van der Waals surface area contributed by atoms with Crippen LogP contribution in [0.25, 0.3) is 6.08 Å². The van der Waals surface area contributed by atoms with Crippen molar-refractivity contribution in [3.05, 3.63) is 84.3 Å². The third-order valence-electron chi connectivity index (χ3n) is 3.81. The van der Waals surface area contributed by atoms with Crippen LogP contribution >= 0.6 is 0 Å². The van der Waals surface area contributed by atoms with Crippen molar-refractivity contribution in [2.75, 3.05) is 16.0 Å². The van der Waals surface area contributed by atoms with Gasteiger partial charge in [0.05, 0.1) is 6.26 Å². The van der Waals surface area contributed by atoms with Gasteiger partial charge in [-0.2, -0.15) is 0 Å². The number of hydrogen-bond donors (Lipinski definition) is 3. The minimum absolute atomic E-state index is 0.140. The fourth-order valence-corrected chi connectivity index (χ4v) is 2.47. The van der Waals surface area contributed by atoms with Crippen LogP contribution in [0.1, 0.15) is 23.0 Å². The first-order valence-corrected chi connectivity index (χ1v) is 8.81. The second-order valence-electron chi connectivity index (χ2n) is 6.13. The molecule has 0 saturated heterocycles. The second-order valence-corrected chi connectivity index (χ2v) is 6.13. The number of benzene rings is 2. The van der Waals surface area contributed by atoms with Crippen LogP contribution in [0.4, 0.5) is 17.1 Å². The van der Waals surface area contributed by atoms with E-state index in [0.717, 1.165) is 5.56 Å². The molecule has 7 heteroatoms. The lowest BCUT2D eigenvalue weighted by Crippen LogP contribution is -2.11. The highest BCUT2D eigenvalue weighted by atomic mass is 16.3. The molecule has 3 aromatic rings. The largest absolute Gasteiger partial charge is 0.459 e. The number of carbonyl (C=O) groups is 3. The zero-order valence-corrected chi connectivity index (χ0v) is 15.6. The van der Waals surface area contributed by atoms with Gasteiger partial charge in [-0.25, -0.2) is 0 Å². The van der Waals surface area contributed by atoms with Crippen molar-refractivity contribution in [2.24, 2.45) is 0 Å². The van der Waals surface area contributed by atoms with Gasteiger partial charge in [0.2, 0.25) is 11.8 Å². The SMILES string of the molecule is CC(=O)Nc1ccc(/C=C/C(=O)Nc2ccc(NC(=O)c3ccco3)cc2)cc1. The molecule has 29 heavy (non-hydrogen) atoms. The molecule has 0 aliphatic heterocycles. The molecule has 0 aliphatic carbocycles. The molecule has 0 unspecified atom stereocenters. The van der Waals surface area contributed by atoms with E-state index in [1.165, 1.54) is 19.3 Å². The molecular weight excluding hydrogens is 370 g/mol. The Balaban J connectivity index is 1.53. The van der Waals surface area contributed by atoms with E-state index in [9.17, 15) is 14.4 Å². The molecule has 3 N–H and O–H groups in total. The van der Waals surface area contributed by atoms with Crippen molar-refractivity contribution in [2.45, 2.75) is 6.92 Å². The van der Waals surface area contributed by atoms with Gasteiger partial charge in [0.25, 0.3) is 5.91 Å². The van der Waals surface area contributed by atoms with Crippen LogP contribution in [0.5, 0.6) is 0 Å². The van der Waals surface area contributed by atoms with E-state index in [1.807, 2.05) is 0 Å². The summed E-state index contributed by atoms with van der Waals surface area (Å²) in [5.74, 6) is -0.556. The van der Waals surface area contributed by atoms with Crippen LogP contribution in [-0.4, -0.2) is 17.7 Å². The maximum Gasteiger partial charge on any atom is 0.291 e. The summed E-state index contributed by atoms with van der Waals surface area (Å²) in [6.07, 6.45) is 4.52. The number of rotatable bonds is 6. The minimum atomic E-state index is -0.348. The van der Waals surface area contributed by atoms with E-state index in [4.69, 9.17) is 4.42 Å². The first kappa shape index (κ1) is 19.6. The summed E-state index contributed by atoms with van der Waals surface area (Å²) in [6.45, 7) is 1.44. The van der Waals surface area contributed by atoms with E-state index in [0.29, 0.717) is 17.1 Å². The molecule has 3 rings (SSSR count). The van der Waals surface area contributed by atoms with Gasteiger partial charge >= 0.3 is 0 Å². The Bertz CT molecular complexity index is 1020. The highest BCUT2D eigenvalue weighted by molar-refractivity contribution is 6.03. The van der Waals surface area contributed by atoms with Gasteiger partial charge in [-0.3, -0.25) is 14.4 Å². The van der Waals surface area contributed by atoms with Crippen molar-refractivity contribution in [1.82, 2.24) is 0 Å². The summed E-state index contributed by atoms with van der Waals surface area (Å²) in [4.78, 5) is 35.0. The van der Waals surface area contributed by atoms with E-state index < -0.39 is 0 Å². The quantitative estimate of drug-likeness (QED) is 0.552. The number of amides is 3. The fourth-order valence-electron chi connectivity index (χ4n) is 2.47. The summed E-state index contributed by atoms with van der Waals surface area (Å²) in [5.41, 5.74) is 2.69. The Kier molecular flexibility index (Phi) is 6.22. The zero-order valence-electron chi connectivity index (χ0n) is 15.6. The molecule has 0 radical (unpaired) electrons. The number of nitrogens with one attached hydrogen (secondary N) is 3. The van der Waals surface area contributed by atoms with E-state index in [2.05, 4.69) is 16.0 Å². The highest BCUT2D eigenvalue weighted by Crippen LogP contribution is 2.15. The number of carbonyl (C=O) groups excluding carboxylic acids is 3. The number of furan rings is 1. The lowest BCUT2D eigenvalue weighted by Gasteiger charge is -2.06. The third kappa shape index (κ3) is 5.93. The first-order valence-electron chi connectivity index (χ1n) is 8.81. The molecule has 7 nitrogen and oxygen atoms in total. The molecule has 146 valence electrons. The third-order valence-corrected chi connectivity index (χ3v) is 3.81. The van der Waals surface area contributed by atoms with Gasteiger partial charge in [-0.05, 0) is 60.2 Å². The van der Waals surface area contributed by atoms with E-state index >= 15 is 0 Å². The van der Waals surface area contributed by atoms with Crippen molar-refractivity contribution in [3.63, 3.8) is 0 Å². The Morgan fingerprint density at radius 2 is 1.38 bits per heavy atom. The van der Waals surface area contributed by atoms with Crippen LogP contribution in [0, 0.1) is 0 Å². The van der Waals surface area contributed by atoms with Crippen LogP contribution in [0.3, 0.4) is 0 Å². The zero-order chi connectivity index (χ0) is 20.6.